The third-order valence-electron chi connectivity index (χ3n) is 3.40. The Labute approximate surface area is 143 Å². The molecule has 0 saturated heterocycles. The minimum Gasteiger partial charge on any atom is -0.465 e. The van der Waals surface area contributed by atoms with Crippen molar-refractivity contribution in [3.8, 4) is 0 Å². The predicted molar refractivity (Wildman–Crippen MR) is 92.4 cm³/mol. The maximum Gasteiger partial charge on any atom is 0.337 e. The van der Waals surface area contributed by atoms with Gasteiger partial charge in [-0.05, 0) is 43.0 Å². The van der Waals surface area contributed by atoms with E-state index in [0.717, 1.165) is 5.56 Å². The zero-order valence-electron chi connectivity index (χ0n) is 13.6. The van der Waals surface area contributed by atoms with Crippen LogP contribution in [0.2, 0.25) is 0 Å². The lowest BCUT2D eigenvalue weighted by Crippen LogP contribution is -2.41. The van der Waals surface area contributed by atoms with Crippen LogP contribution in [0.1, 0.15) is 32.5 Å². The van der Waals surface area contributed by atoms with Crippen LogP contribution in [0, 0.1) is 6.92 Å². The minimum absolute atomic E-state index is 0.298. The third kappa shape index (κ3) is 4.20. The van der Waals surface area contributed by atoms with E-state index < -0.39 is 12.0 Å². The molecule has 1 aromatic carbocycles. The van der Waals surface area contributed by atoms with Crippen LogP contribution in [-0.4, -0.2) is 30.9 Å². The van der Waals surface area contributed by atoms with E-state index in [-0.39, 0.29) is 11.8 Å². The lowest BCUT2D eigenvalue weighted by Gasteiger charge is -2.15. The number of anilines is 1. The maximum atomic E-state index is 12.3. The van der Waals surface area contributed by atoms with Gasteiger partial charge in [0.15, 0.2) is 0 Å². The van der Waals surface area contributed by atoms with Crippen molar-refractivity contribution in [3.05, 3.63) is 51.7 Å². The number of benzene rings is 1. The highest BCUT2D eigenvalue weighted by Gasteiger charge is 2.18. The van der Waals surface area contributed by atoms with Crippen LogP contribution < -0.4 is 10.6 Å². The molecular weight excluding hydrogens is 328 g/mol. The van der Waals surface area contributed by atoms with Crippen molar-refractivity contribution in [2.45, 2.75) is 19.9 Å². The van der Waals surface area contributed by atoms with Gasteiger partial charge < -0.3 is 15.4 Å². The van der Waals surface area contributed by atoms with E-state index in [1.165, 1.54) is 18.4 Å². The van der Waals surface area contributed by atoms with Crippen molar-refractivity contribution >= 4 is 34.8 Å². The lowest BCUT2D eigenvalue weighted by molar-refractivity contribution is -0.117. The Morgan fingerprint density at radius 2 is 1.96 bits per heavy atom. The number of ether oxygens (including phenoxy) is 1. The number of aryl methyl sites for hydroxylation is 1. The van der Waals surface area contributed by atoms with E-state index in [9.17, 15) is 14.4 Å². The Bertz CT molecular complexity index is 756. The molecule has 126 valence electrons. The number of carbonyl (C=O) groups excluding carboxylic acids is 3. The molecule has 2 aromatic rings. The number of rotatable bonds is 5. The SMILES string of the molecule is COC(=O)c1ccc(C)c(NC(=O)C(C)NC(=O)c2cccs2)c1. The normalized spacial score (nSPS) is 11.5. The molecular formula is C17H18N2O4S. The summed E-state index contributed by atoms with van der Waals surface area (Å²) in [7, 11) is 1.29. The third-order valence-corrected chi connectivity index (χ3v) is 4.27. The number of hydrogen-bond acceptors (Lipinski definition) is 5. The summed E-state index contributed by atoms with van der Waals surface area (Å²) in [5.41, 5.74) is 1.64. The minimum atomic E-state index is -0.721. The molecule has 2 amide bonds. The van der Waals surface area contributed by atoms with E-state index in [1.807, 2.05) is 6.92 Å². The first-order chi connectivity index (χ1) is 11.4. The average Bonchev–Trinajstić information content (AvgIpc) is 3.10. The molecule has 0 aliphatic heterocycles. The first-order valence-corrected chi connectivity index (χ1v) is 8.14. The van der Waals surface area contributed by atoms with Gasteiger partial charge in [0, 0.05) is 5.69 Å². The van der Waals surface area contributed by atoms with Crippen molar-refractivity contribution in [2.75, 3.05) is 12.4 Å². The predicted octanol–water partition coefficient (Wildman–Crippen LogP) is 2.60. The summed E-state index contributed by atoms with van der Waals surface area (Å²) in [6, 6.07) is 7.63. The van der Waals surface area contributed by atoms with Crippen LogP contribution in [0.25, 0.3) is 0 Å². The second-order valence-corrected chi connectivity index (χ2v) is 6.13. The van der Waals surface area contributed by atoms with Crippen LogP contribution in [0.5, 0.6) is 0 Å². The van der Waals surface area contributed by atoms with Gasteiger partial charge in [-0.25, -0.2) is 4.79 Å². The molecule has 6 nitrogen and oxygen atoms in total. The van der Waals surface area contributed by atoms with Gasteiger partial charge in [0.1, 0.15) is 6.04 Å². The van der Waals surface area contributed by atoms with Gasteiger partial charge in [-0.15, -0.1) is 11.3 Å². The van der Waals surface area contributed by atoms with E-state index in [4.69, 9.17) is 0 Å². The summed E-state index contributed by atoms with van der Waals surface area (Å²) in [5.74, 6) is -1.15. The molecule has 0 radical (unpaired) electrons. The first kappa shape index (κ1) is 17.7. The lowest BCUT2D eigenvalue weighted by atomic mass is 10.1. The Balaban J connectivity index is 2.05. The van der Waals surface area contributed by atoms with Crippen LogP contribution >= 0.6 is 11.3 Å². The Morgan fingerprint density at radius 3 is 2.58 bits per heavy atom. The number of thiophene rings is 1. The van der Waals surface area contributed by atoms with E-state index in [1.54, 1.807) is 42.6 Å². The molecule has 7 heteroatoms. The summed E-state index contributed by atoms with van der Waals surface area (Å²) in [6.07, 6.45) is 0. The van der Waals surface area contributed by atoms with Crippen molar-refractivity contribution in [2.24, 2.45) is 0 Å². The highest BCUT2D eigenvalue weighted by molar-refractivity contribution is 7.12. The molecule has 0 fully saturated rings. The number of amides is 2. The molecule has 1 atom stereocenters. The van der Waals surface area contributed by atoms with Crippen LogP contribution in [0.4, 0.5) is 5.69 Å². The molecule has 0 spiro atoms. The van der Waals surface area contributed by atoms with Gasteiger partial charge in [0.05, 0.1) is 17.6 Å². The van der Waals surface area contributed by atoms with Crippen molar-refractivity contribution in [1.82, 2.24) is 5.32 Å². The number of methoxy groups -OCH3 is 1. The summed E-state index contributed by atoms with van der Waals surface area (Å²) in [4.78, 5) is 36.4. The van der Waals surface area contributed by atoms with Crippen LogP contribution in [-0.2, 0) is 9.53 Å². The molecule has 1 unspecified atom stereocenters. The smallest absolute Gasteiger partial charge is 0.337 e. The van der Waals surface area contributed by atoms with Crippen LogP contribution in [0.3, 0.4) is 0 Å². The average molecular weight is 346 g/mol. The molecule has 24 heavy (non-hydrogen) atoms. The Kier molecular flexibility index (Phi) is 5.70. The van der Waals surface area contributed by atoms with E-state index in [2.05, 4.69) is 15.4 Å². The standard InChI is InChI=1S/C17H18N2O4S/c1-10-6-7-12(17(22)23-3)9-13(10)19-15(20)11(2)18-16(21)14-5-4-8-24-14/h4-9,11H,1-3H3,(H,18,21)(H,19,20). The van der Waals surface area contributed by atoms with E-state index in [0.29, 0.717) is 16.1 Å². The molecule has 2 rings (SSSR count). The highest BCUT2D eigenvalue weighted by Crippen LogP contribution is 2.18. The van der Waals surface area contributed by atoms with Gasteiger partial charge in [0.2, 0.25) is 5.91 Å². The molecule has 2 N–H and O–H groups in total. The Hall–Kier alpha value is -2.67. The van der Waals surface area contributed by atoms with Gasteiger partial charge in [-0.3, -0.25) is 9.59 Å². The molecule has 0 bridgehead atoms. The molecule has 1 aromatic heterocycles. The second kappa shape index (κ2) is 7.74. The second-order valence-electron chi connectivity index (χ2n) is 5.18. The van der Waals surface area contributed by atoms with Crippen LogP contribution in [0.15, 0.2) is 35.7 Å². The van der Waals surface area contributed by atoms with E-state index >= 15 is 0 Å². The fraction of sp³-hybridized carbons (Fsp3) is 0.235. The fourth-order valence-electron chi connectivity index (χ4n) is 1.98. The number of hydrogen-bond donors (Lipinski definition) is 2. The van der Waals surface area contributed by atoms with Gasteiger partial charge in [0.25, 0.3) is 5.91 Å². The first-order valence-electron chi connectivity index (χ1n) is 7.26. The highest BCUT2D eigenvalue weighted by atomic mass is 32.1. The fourth-order valence-corrected chi connectivity index (χ4v) is 2.61. The topological polar surface area (TPSA) is 84.5 Å². The Morgan fingerprint density at radius 1 is 1.21 bits per heavy atom. The van der Waals surface area contributed by atoms with Crippen molar-refractivity contribution < 1.29 is 19.1 Å². The van der Waals surface area contributed by atoms with Gasteiger partial charge in [-0.1, -0.05) is 12.1 Å². The summed E-state index contributed by atoms with van der Waals surface area (Å²) in [6.45, 7) is 3.41. The number of nitrogens with one attached hydrogen (secondary N) is 2. The molecule has 0 aliphatic carbocycles. The molecule has 0 saturated carbocycles. The summed E-state index contributed by atoms with van der Waals surface area (Å²) in [5, 5.41) is 7.15. The van der Waals surface area contributed by atoms with Crippen molar-refractivity contribution in [3.63, 3.8) is 0 Å². The zero-order chi connectivity index (χ0) is 17.7. The van der Waals surface area contributed by atoms with Gasteiger partial charge in [-0.2, -0.15) is 0 Å². The van der Waals surface area contributed by atoms with Crippen molar-refractivity contribution in [1.29, 1.82) is 0 Å². The number of esters is 1. The summed E-state index contributed by atoms with van der Waals surface area (Å²) >= 11 is 1.30. The largest absolute Gasteiger partial charge is 0.465 e. The molecule has 0 aliphatic rings. The quantitative estimate of drug-likeness (QED) is 0.815. The monoisotopic (exact) mass is 346 g/mol. The number of carbonyl (C=O) groups is 3. The summed E-state index contributed by atoms with van der Waals surface area (Å²) < 4.78 is 4.67. The van der Waals surface area contributed by atoms with Gasteiger partial charge >= 0.3 is 5.97 Å². The zero-order valence-corrected chi connectivity index (χ0v) is 14.4. The molecule has 1 heterocycles. The maximum absolute atomic E-state index is 12.3.